The Kier molecular flexibility index (Phi) is 5.20. The molecule has 1 atom stereocenters. The second kappa shape index (κ2) is 7.96. The van der Waals surface area contributed by atoms with Crippen molar-refractivity contribution >= 4 is 29.4 Å². The van der Waals surface area contributed by atoms with Gasteiger partial charge in [0.1, 0.15) is 11.8 Å². The van der Waals surface area contributed by atoms with Crippen molar-refractivity contribution in [2.45, 2.75) is 25.5 Å². The highest BCUT2D eigenvalue weighted by atomic mass is 16.7. The topological polar surface area (TPSA) is 122 Å². The Labute approximate surface area is 171 Å². The molecule has 9 nitrogen and oxygen atoms in total. The number of hydrogen-bond acceptors (Lipinski definition) is 6. The predicted octanol–water partition coefficient (Wildman–Crippen LogP) is 2.02. The molecule has 0 saturated carbocycles. The molecule has 0 aliphatic carbocycles. The van der Waals surface area contributed by atoms with E-state index in [4.69, 9.17) is 9.47 Å². The number of carboxylic acid groups (broad SMARTS) is 1. The Hall–Kier alpha value is -3.72. The highest BCUT2D eigenvalue weighted by Crippen LogP contribution is 2.28. The maximum atomic E-state index is 12.5. The summed E-state index contributed by atoms with van der Waals surface area (Å²) in [5.41, 5.74) is 1.63. The highest BCUT2D eigenvalue weighted by molar-refractivity contribution is 6.22. The summed E-state index contributed by atoms with van der Waals surface area (Å²) in [6.45, 7) is 0.535. The van der Waals surface area contributed by atoms with Gasteiger partial charge in [-0.3, -0.25) is 19.3 Å². The van der Waals surface area contributed by atoms with E-state index in [-0.39, 0.29) is 30.8 Å². The molecule has 2 heterocycles. The fraction of sp³-hybridized carbons (Fsp3) is 0.238. The van der Waals surface area contributed by atoms with Crippen LogP contribution < -0.4 is 10.1 Å². The molecule has 0 bridgehead atoms. The maximum absolute atomic E-state index is 12.5. The van der Waals surface area contributed by atoms with Crippen LogP contribution in [0.3, 0.4) is 0 Å². The van der Waals surface area contributed by atoms with Gasteiger partial charge in [0.05, 0.1) is 17.7 Å². The number of hydrogen-bond donors (Lipinski definition) is 2. The van der Waals surface area contributed by atoms with Crippen molar-refractivity contribution in [3.63, 3.8) is 0 Å². The lowest BCUT2D eigenvalue weighted by atomic mass is 10.1. The number of amides is 3. The summed E-state index contributed by atoms with van der Waals surface area (Å²) in [5, 5.41) is 12.3. The van der Waals surface area contributed by atoms with E-state index in [1.54, 1.807) is 30.3 Å². The summed E-state index contributed by atoms with van der Waals surface area (Å²) in [6, 6.07) is 9.82. The standard InChI is InChI=1S/C21H18N2O7/c24-18(22-13-5-7-17-12(9-13)10-29-11-30-17)8-6-16(21(27)28)23-19(25)14-3-1-2-4-15(14)20(23)26/h1-5,7,9,16H,6,8,10-11H2,(H,22,24)(H,27,28)/t16-/m1/s1. The van der Waals surface area contributed by atoms with Crippen LogP contribution >= 0.6 is 0 Å². The summed E-state index contributed by atoms with van der Waals surface area (Å²) in [7, 11) is 0. The second-order valence-corrected chi connectivity index (χ2v) is 6.90. The van der Waals surface area contributed by atoms with Crippen LogP contribution in [-0.4, -0.2) is 46.5 Å². The minimum absolute atomic E-state index is 0.164. The number of benzene rings is 2. The molecule has 0 fully saturated rings. The average molecular weight is 410 g/mol. The van der Waals surface area contributed by atoms with Gasteiger partial charge in [-0.05, 0) is 36.8 Å². The predicted molar refractivity (Wildman–Crippen MR) is 103 cm³/mol. The molecule has 2 aliphatic heterocycles. The van der Waals surface area contributed by atoms with Gasteiger partial charge in [0, 0.05) is 17.7 Å². The van der Waals surface area contributed by atoms with Crippen LogP contribution in [0.15, 0.2) is 42.5 Å². The van der Waals surface area contributed by atoms with Crippen LogP contribution in [0.5, 0.6) is 5.75 Å². The number of nitrogens with one attached hydrogen (secondary N) is 1. The van der Waals surface area contributed by atoms with E-state index in [1.807, 2.05) is 0 Å². The first-order valence-electron chi connectivity index (χ1n) is 9.29. The third-order valence-corrected chi connectivity index (χ3v) is 4.97. The summed E-state index contributed by atoms with van der Waals surface area (Å²) >= 11 is 0. The van der Waals surface area contributed by atoms with E-state index in [9.17, 15) is 24.3 Å². The Bertz CT molecular complexity index is 1010. The molecule has 2 N–H and O–H groups in total. The molecule has 2 aliphatic rings. The van der Waals surface area contributed by atoms with Crippen LogP contribution in [0.2, 0.25) is 0 Å². The monoisotopic (exact) mass is 410 g/mol. The van der Waals surface area contributed by atoms with Gasteiger partial charge >= 0.3 is 5.97 Å². The molecule has 0 aromatic heterocycles. The molecule has 4 rings (SSSR count). The van der Waals surface area contributed by atoms with Gasteiger partial charge in [0.2, 0.25) is 5.91 Å². The number of carboxylic acids is 1. The molecule has 2 aromatic rings. The number of rotatable bonds is 6. The summed E-state index contributed by atoms with van der Waals surface area (Å²) in [6.07, 6.45) is -0.391. The zero-order valence-corrected chi connectivity index (χ0v) is 15.8. The van der Waals surface area contributed by atoms with E-state index < -0.39 is 29.7 Å². The number of aliphatic carboxylic acids is 1. The molecule has 0 spiro atoms. The van der Waals surface area contributed by atoms with Crippen molar-refractivity contribution in [3.8, 4) is 5.75 Å². The van der Waals surface area contributed by atoms with Crippen molar-refractivity contribution in [1.82, 2.24) is 4.90 Å². The zero-order valence-electron chi connectivity index (χ0n) is 15.8. The van der Waals surface area contributed by atoms with Crippen LogP contribution in [-0.2, 0) is 20.9 Å². The largest absolute Gasteiger partial charge is 0.480 e. The second-order valence-electron chi connectivity index (χ2n) is 6.90. The first kappa shape index (κ1) is 19.6. The first-order chi connectivity index (χ1) is 14.5. The quantitative estimate of drug-likeness (QED) is 0.699. The van der Waals surface area contributed by atoms with Crippen LogP contribution in [0, 0.1) is 0 Å². The van der Waals surface area contributed by atoms with E-state index >= 15 is 0 Å². The van der Waals surface area contributed by atoms with Crippen molar-refractivity contribution in [1.29, 1.82) is 0 Å². The normalized spacial score (nSPS) is 15.8. The molecule has 0 radical (unpaired) electrons. The Balaban J connectivity index is 1.42. The molecule has 3 amide bonds. The number of ether oxygens (including phenoxy) is 2. The molecule has 0 unspecified atom stereocenters. The number of nitrogens with zero attached hydrogens (tertiary/aromatic N) is 1. The molecule has 2 aromatic carbocycles. The Morgan fingerprint density at radius 1 is 1.10 bits per heavy atom. The Morgan fingerprint density at radius 3 is 2.47 bits per heavy atom. The van der Waals surface area contributed by atoms with E-state index in [1.165, 1.54) is 12.1 Å². The van der Waals surface area contributed by atoms with Gasteiger partial charge in [0.25, 0.3) is 11.8 Å². The Morgan fingerprint density at radius 2 is 1.80 bits per heavy atom. The molecule has 0 saturated heterocycles. The number of fused-ring (bicyclic) bond motifs is 2. The SMILES string of the molecule is O=C(CC[C@H](C(=O)O)N1C(=O)c2ccccc2C1=O)Nc1ccc2c(c1)COCO2. The van der Waals surface area contributed by atoms with E-state index in [2.05, 4.69) is 5.32 Å². The van der Waals surface area contributed by atoms with Gasteiger partial charge in [0.15, 0.2) is 6.79 Å². The van der Waals surface area contributed by atoms with Gasteiger partial charge in [-0.2, -0.15) is 0 Å². The van der Waals surface area contributed by atoms with Crippen molar-refractivity contribution in [2.24, 2.45) is 0 Å². The van der Waals surface area contributed by atoms with Gasteiger partial charge in [-0.15, -0.1) is 0 Å². The fourth-order valence-electron chi connectivity index (χ4n) is 3.51. The third kappa shape index (κ3) is 3.62. The lowest BCUT2D eigenvalue weighted by molar-refractivity contribution is -0.141. The molecule has 30 heavy (non-hydrogen) atoms. The highest BCUT2D eigenvalue weighted by Gasteiger charge is 2.42. The van der Waals surface area contributed by atoms with Crippen LogP contribution in [0.25, 0.3) is 0 Å². The van der Waals surface area contributed by atoms with Crippen molar-refractivity contribution in [2.75, 3.05) is 12.1 Å². The van der Waals surface area contributed by atoms with Crippen molar-refractivity contribution in [3.05, 3.63) is 59.2 Å². The van der Waals surface area contributed by atoms with Gasteiger partial charge < -0.3 is 19.9 Å². The van der Waals surface area contributed by atoms with Crippen LogP contribution in [0.4, 0.5) is 5.69 Å². The van der Waals surface area contributed by atoms with E-state index in [0.717, 1.165) is 5.56 Å². The minimum atomic E-state index is -1.44. The van der Waals surface area contributed by atoms with Crippen LogP contribution in [0.1, 0.15) is 39.1 Å². The minimum Gasteiger partial charge on any atom is -0.480 e. The first-order valence-corrected chi connectivity index (χ1v) is 9.29. The van der Waals surface area contributed by atoms with E-state index in [0.29, 0.717) is 22.9 Å². The molecular formula is C21H18N2O7. The number of imide groups is 1. The fourth-order valence-corrected chi connectivity index (χ4v) is 3.51. The summed E-state index contributed by atoms with van der Waals surface area (Å²) in [4.78, 5) is 49.9. The molecule has 154 valence electrons. The zero-order chi connectivity index (χ0) is 21.3. The van der Waals surface area contributed by atoms with Gasteiger partial charge in [-0.1, -0.05) is 12.1 Å². The number of anilines is 1. The lowest BCUT2D eigenvalue weighted by Crippen LogP contribution is -2.45. The van der Waals surface area contributed by atoms with Gasteiger partial charge in [-0.25, -0.2) is 4.79 Å². The molecular weight excluding hydrogens is 392 g/mol. The average Bonchev–Trinajstić information content (AvgIpc) is 2.99. The van der Waals surface area contributed by atoms with Crippen molar-refractivity contribution < 1.29 is 33.8 Å². The summed E-state index contributed by atoms with van der Waals surface area (Å²) in [5.74, 6) is -2.44. The maximum Gasteiger partial charge on any atom is 0.326 e. The third-order valence-electron chi connectivity index (χ3n) is 4.97. The summed E-state index contributed by atoms with van der Waals surface area (Å²) < 4.78 is 10.5. The number of carbonyl (C=O) groups is 4. The molecule has 9 heteroatoms. The number of carbonyl (C=O) groups excluding carboxylic acids is 3. The smallest absolute Gasteiger partial charge is 0.326 e. The lowest BCUT2D eigenvalue weighted by Gasteiger charge is -2.22.